The number of rotatable bonds is 3. The molecule has 0 unspecified atom stereocenters. The Labute approximate surface area is 182 Å². The van der Waals surface area contributed by atoms with Crippen molar-refractivity contribution in [3.8, 4) is 0 Å². The van der Waals surface area contributed by atoms with Gasteiger partial charge in [0.25, 0.3) is 11.1 Å². The van der Waals surface area contributed by atoms with Gasteiger partial charge in [-0.25, -0.2) is 0 Å². The van der Waals surface area contributed by atoms with Crippen LogP contribution in [0, 0.1) is 6.92 Å². The fourth-order valence-electron chi connectivity index (χ4n) is 4.05. The minimum absolute atomic E-state index is 0.0446. The van der Waals surface area contributed by atoms with Crippen molar-refractivity contribution in [3.63, 3.8) is 0 Å². The van der Waals surface area contributed by atoms with Crippen LogP contribution in [-0.4, -0.2) is 28.6 Å². The van der Waals surface area contributed by atoms with Gasteiger partial charge in [0.2, 0.25) is 0 Å². The maximum Gasteiger partial charge on any atom is 0.293 e. The van der Waals surface area contributed by atoms with Crippen LogP contribution in [0.25, 0.3) is 11.6 Å². The predicted octanol–water partition coefficient (Wildman–Crippen LogP) is 5.86. The summed E-state index contributed by atoms with van der Waals surface area (Å²) in [5.74, 6) is -0.227. The van der Waals surface area contributed by atoms with E-state index in [1.807, 2.05) is 43.3 Å². The molecule has 0 radical (unpaired) electrons. The molecule has 4 nitrogen and oxygen atoms in total. The Kier molecular flexibility index (Phi) is 5.10. The normalized spacial score (nSPS) is 19.4. The number of nitrogens with zero attached hydrogens (tertiary/aromatic N) is 2. The number of hydrogen-bond acceptors (Lipinski definition) is 4. The van der Waals surface area contributed by atoms with Crippen LogP contribution >= 0.6 is 11.8 Å². The molecule has 2 amide bonds. The molecule has 2 aliphatic heterocycles. The van der Waals surface area contributed by atoms with Gasteiger partial charge in [-0.15, -0.1) is 0 Å². The Balaban J connectivity index is 1.61. The standard InChI is InChI=1S/C25H26N2O2S/c1-16-7-6-8-19(11-16)15-27-23(28)22(30-24(27)29)13-18-9-10-21-20(12-18)17(2)14-25(3,4)26(21)5/h6-14H,15H2,1-5H3/b22-13+. The van der Waals surface area contributed by atoms with Crippen LogP contribution in [0.1, 0.15) is 43.0 Å². The summed E-state index contributed by atoms with van der Waals surface area (Å²) in [5, 5.41) is -0.219. The van der Waals surface area contributed by atoms with Crippen LogP contribution in [0.15, 0.2) is 53.4 Å². The van der Waals surface area contributed by atoms with Crippen molar-refractivity contribution in [1.82, 2.24) is 4.90 Å². The summed E-state index contributed by atoms with van der Waals surface area (Å²) in [5.41, 5.74) is 6.50. The fourth-order valence-corrected chi connectivity index (χ4v) is 4.89. The molecule has 0 aromatic heterocycles. The Bertz CT molecular complexity index is 1110. The largest absolute Gasteiger partial charge is 0.366 e. The summed E-state index contributed by atoms with van der Waals surface area (Å²) in [6, 6.07) is 14.1. The zero-order valence-electron chi connectivity index (χ0n) is 18.0. The van der Waals surface area contributed by atoms with Crippen molar-refractivity contribution in [2.75, 3.05) is 11.9 Å². The van der Waals surface area contributed by atoms with E-state index in [1.54, 1.807) is 0 Å². The third-order valence-electron chi connectivity index (χ3n) is 5.84. The summed E-state index contributed by atoms with van der Waals surface area (Å²) in [6.07, 6.45) is 4.09. The molecule has 1 fully saturated rings. The lowest BCUT2D eigenvalue weighted by Crippen LogP contribution is -2.42. The van der Waals surface area contributed by atoms with Gasteiger partial charge in [-0.1, -0.05) is 42.0 Å². The fraction of sp³-hybridized carbons (Fsp3) is 0.280. The molecule has 5 heteroatoms. The van der Waals surface area contributed by atoms with E-state index in [4.69, 9.17) is 0 Å². The van der Waals surface area contributed by atoms with Crippen LogP contribution in [-0.2, 0) is 11.3 Å². The van der Waals surface area contributed by atoms with E-state index >= 15 is 0 Å². The number of hydrogen-bond donors (Lipinski definition) is 0. The number of likely N-dealkylation sites (N-methyl/N-ethyl adjacent to an activating group) is 1. The molecule has 0 atom stereocenters. The highest BCUT2D eigenvalue weighted by Crippen LogP contribution is 2.39. The molecule has 0 N–H and O–H groups in total. The number of carbonyl (C=O) groups excluding carboxylic acids is 2. The molecule has 0 spiro atoms. The van der Waals surface area contributed by atoms with Crippen molar-refractivity contribution in [1.29, 1.82) is 0 Å². The maximum absolute atomic E-state index is 12.9. The van der Waals surface area contributed by atoms with Crippen LogP contribution in [0.2, 0.25) is 0 Å². The molecule has 0 saturated carbocycles. The Morgan fingerprint density at radius 3 is 2.57 bits per heavy atom. The van der Waals surface area contributed by atoms with Gasteiger partial charge in [-0.3, -0.25) is 14.5 Å². The smallest absolute Gasteiger partial charge is 0.293 e. The minimum Gasteiger partial charge on any atom is -0.366 e. The number of amides is 2. The topological polar surface area (TPSA) is 40.6 Å². The lowest BCUT2D eigenvalue weighted by Gasteiger charge is -2.40. The Hall–Kier alpha value is -2.79. The number of imide groups is 1. The average molecular weight is 419 g/mol. The number of benzene rings is 2. The SMILES string of the molecule is CC1=CC(C)(C)N(C)c2ccc(/C=C3/SC(=O)N(Cc4cccc(C)c4)C3=O)cc21. The average Bonchev–Trinajstić information content (AvgIpc) is 2.93. The van der Waals surface area contributed by atoms with Crippen molar-refractivity contribution >= 4 is 40.2 Å². The van der Waals surface area contributed by atoms with E-state index in [0.717, 1.165) is 34.0 Å². The van der Waals surface area contributed by atoms with Crippen LogP contribution in [0.4, 0.5) is 10.5 Å². The van der Waals surface area contributed by atoms with Crippen LogP contribution in [0.3, 0.4) is 0 Å². The summed E-state index contributed by atoms with van der Waals surface area (Å²) >= 11 is 1.01. The molecular formula is C25H26N2O2S. The van der Waals surface area contributed by atoms with Gasteiger partial charge >= 0.3 is 0 Å². The molecule has 154 valence electrons. The van der Waals surface area contributed by atoms with E-state index in [2.05, 4.69) is 50.9 Å². The first kappa shape index (κ1) is 20.5. The van der Waals surface area contributed by atoms with Crippen molar-refractivity contribution in [3.05, 3.63) is 75.7 Å². The van der Waals surface area contributed by atoms with Gasteiger partial charge in [0, 0.05) is 18.3 Å². The first-order valence-corrected chi connectivity index (χ1v) is 10.9. The third kappa shape index (κ3) is 3.70. The lowest BCUT2D eigenvalue weighted by molar-refractivity contribution is -0.123. The minimum atomic E-state index is -0.227. The van der Waals surface area contributed by atoms with E-state index < -0.39 is 0 Å². The van der Waals surface area contributed by atoms with E-state index in [-0.39, 0.29) is 16.7 Å². The van der Waals surface area contributed by atoms with Crippen molar-refractivity contribution in [2.45, 2.75) is 39.8 Å². The number of aryl methyl sites for hydroxylation is 1. The second kappa shape index (κ2) is 7.47. The molecule has 4 rings (SSSR count). The highest BCUT2D eigenvalue weighted by molar-refractivity contribution is 8.18. The molecule has 30 heavy (non-hydrogen) atoms. The molecule has 2 aromatic carbocycles. The van der Waals surface area contributed by atoms with Gasteiger partial charge in [-0.05, 0) is 74.4 Å². The molecule has 0 aliphatic carbocycles. The summed E-state index contributed by atoms with van der Waals surface area (Å²) in [6.45, 7) is 8.81. The number of thioether (sulfide) groups is 1. The van der Waals surface area contributed by atoms with Crippen LogP contribution < -0.4 is 4.90 Å². The highest BCUT2D eigenvalue weighted by Gasteiger charge is 2.35. The third-order valence-corrected chi connectivity index (χ3v) is 6.74. The summed E-state index contributed by atoms with van der Waals surface area (Å²) in [4.78, 5) is 29.4. The zero-order chi connectivity index (χ0) is 21.6. The van der Waals surface area contributed by atoms with Gasteiger partial charge in [-0.2, -0.15) is 0 Å². The molecular weight excluding hydrogens is 392 g/mol. The molecule has 2 aromatic rings. The summed E-state index contributed by atoms with van der Waals surface area (Å²) < 4.78 is 0. The van der Waals surface area contributed by atoms with Crippen molar-refractivity contribution < 1.29 is 9.59 Å². The first-order valence-electron chi connectivity index (χ1n) is 10.0. The predicted molar refractivity (Wildman–Crippen MR) is 125 cm³/mol. The quantitative estimate of drug-likeness (QED) is 0.585. The van der Waals surface area contributed by atoms with Gasteiger partial charge in [0.1, 0.15) is 0 Å². The number of allylic oxidation sites excluding steroid dienone is 1. The number of fused-ring (bicyclic) bond motifs is 1. The van der Waals surface area contributed by atoms with Crippen LogP contribution in [0.5, 0.6) is 0 Å². The monoisotopic (exact) mass is 418 g/mol. The van der Waals surface area contributed by atoms with E-state index in [1.165, 1.54) is 16.2 Å². The van der Waals surface area contributed by atoms with Gasteiger partial charge < -0.3 is 4.90 Å². The molecule has 0 bridgehead atoms. The Morgan fingerprint density at radius 1 is 1.07 bits per heavy atom. The number of anilines is 1. The first-order chi connectivity index (χ1) is 14.2. The van der Waals surface area contributed by atoms with Crippen molar-refractivity contribution in [2.24, 2.45) is 0 Å². The lowest BCUT2D eigenvalue weighted by atomic mass is 9.88. The number of carbonyl (C=O) groups is 2. The second-order valence-electron chi connectivity index (χ2n) is 8.57. The van der Waals surface area contributed by atoms with E-state index in [0.29, 0.717) is 11.4 Å². The summed E-state index contributed by atoms with van der Waals surface area (Å²) in [7, 11) is 2.10. The zero-order valence-corrected chi connectivity index (χ0v) is 18.8. The molecule has 2 heterocycles. The second-order valence-corrected chi connectivity index (χ2v) is 9.57. The molecule has 1 saturated heterocycles. The van der Waals surface area contributed by atoms with Gasteiger partial charge in [0.05, 0.1) is 17.0 Å². The van der Waals surface area contributed by atoms with E-state index in [9.17, 15) is 9.59 Å². The Morgan fingerprint density at radius 2 is 1.83 bits per heavy atom. The maximum atomic E-state index is 12.9. The highest BCUT2D eigenvalue weighted by atomic mass is 32.2. The van der Waals surface area contributed by atoms with Gasteiger partial charge in [0.15, 0.2) is 0 Å². The molecule has 2 aliphatic rings.